The van der Waals surface area contributed by atoms with E-state index in [2.05, 4.69) is 0 Å². The van der Waals surface area contributed by atoms with Crippen molar-refractivity contribution < 1.29 is 19.1 Å². The monoisotopic (exact) mass is 283 g/mol. The molecule has 0 fully saturated rings. The Morgan fingerprint density at radius 1 is 0.800 bits per heavy atom. The van der Waals surface area contributed by atoms with Crippen molar-refractivity contribution in [3.05, 3.63) is 17.7 Å². The molecule has 0 radical (unpaired) electrons. The smallest absolute Gasteiger partial charge is 0.189 e. The molecule has 0 saturated heterocycles. The van der Waals surface area contributed by atoms with E-state index in [9.17, 15) is 0 Å². The minimum Gasteiger partial charge on any atom is -0.490 e. The van der Waals surface area contributed by atoms with Gasteiger partial charge in [-0.05, 0) is 46.2 Å². The van der Waals surface area contributed by atoms with Gasteiger partial charge in [-0.2, -0.15) is 0 Å². The van der Waals surface area contributed by atoms with E-state index in [4.69, 9.17) is 19.1 Å². The Hall–Kier alpha value is -1.46. The molecule has 1 aromatic rings. The molecule has 0 aliphatic heterocycles. The molecule has 0 unspecified atom stereocenters. The Kier molecular flexibility index (Phi) is 7.18. The van der Waals surface area contributed by atoms with E-state index in [1.165, 1.54) is 5.23 Å². The number of hydrogen-bond donors (Lipinski definition) is 0. The zero-order valence-electron chi connectivity index (χ0n) is 13.1. The summed E-state index contributed by atoms with van der Waals surface area (Å²) in [6, 6.07) is 3.88. The Balaban J connectivity index is 3.24. The Morgan fingerprint density at radius 3 is 1.85 bits per heavy atom. The molecule has 0 aliphatic carbocycles. The van der Waals surface area contributed by atoms with E-state index in [0.29, 0.717) is 37.9 Å². The van der Waals surface area contributed by atoms with Gasteiger partial charge in [0.05, 0.1) is 26.4 Å². The molecule has 0 N–H and O–H groups in total. The number of benzene rings is 1. The molecule has 1 rings (SSSR count). The molecule has 5 nitrogen and oxygen atoms in total. The van der Waals surface area contributed by atoms with Crippen LogP contribution in [0.1, 0.15) is 33.3 Å². The molecule has 0 aliphatic rings. The molecular formula is C15H25NO4. The van der Waals surface area contributed by atoms with Crippen LogP contribution in [0.2, 0.25) is 0 Å². The summed E-state index contributed by atoms with van der Waals surface area (Å²) >= 11 is 0. The average Bonchev–Trinajstić information content (AvgIpc) is 2.43. The van der Waals surface area contributed by atoms with E-state index < -0.39 is 0 Å². The van der Waals surface area contributed by atoms with Gasteiger partial charge in [0, 0.05) is 0 Å². The van der Waals surface area contributed by atoms with Crippen molar-refractivity contribution in [3.63, 3.8) is 0 Å². The van der Waals surface area contributed by atoms with Gasteiger partial charge in [0.2, 0.25) is 0 Å². The van der Waals surface area contributed by atoms with Gasteiger partial charge in [-0.15, -0.1) is 5.23 Å². The summed E-state index contributed by atoms with van der Waals surface area (Å²) in [5.41, 5.74) is 1.73. The summed E-state index contributed by atoms with van der Waals surface area (Å²) in [5, 5.41) is 1.40. The number of aryl methyl sites for hydroxylation is 1. The maximum Gasteiger partial charge on any atom is 0.189 e. The van der Waals surface area contributed by atoms with Crippen molar-refractivity contribution >= 4 is 5.69 Å². The second kappa shape index (κ2) is 8.66. The van der Waals surface area contributed by atoms with Crippen LogP contribution in [0.25, 0.3) is 0 Å². The normalized spacial score (nSPS) is 10.4. The minimum absolute atomic E-state index is 0.503. The molecule has 0 amide bonds. The van der Waals surface area contributed by atoms with Crippen LogP contribution >= 0.6 is 0 Å². The molecule has 5 heteroatoms. The molecule has 0 spiro atoms. The number of hydrogen-bond acceptors (Lipinski definition) is 5. The summed E-state index contributed by atoms with van der Waals surface area (Å²) in [4.78, 5) is 11.0. The SMILES string of the molecule is CCOc1c(C)ccc(N(OCC)OCC)c1OCC. The second-order valence-corrected chi connectivity index (χ2v) is 4.02. The maximum atomic E-state index is 5.75. The van der Waals surface area contributed by atoms with Gasteiger partial charge in [-0.1, -0.05) is 6.07 Å². The van der Waals surface area contributed by atoms with Gasteiger partial charge < -0.3 is 9.47 Å². The first-order chi connectivity index (χ1) is 9.69. The lowest BCUT2D eigenvalue weighted by Gasteiger charge is -2.25. The summed E-state index contributed by atoms with van der Waals surface area (Å²) in [6.45, 7) is 11.8. The number of ether oxygens (including phenoxy) is 2. The standard InChI is InChI=1S/C15H25NO4/c1-6-17-14-12(5)10-11-13(15(14)18-7-2)16(19-8-3)20-9-4/h10-11H,6-9H2,1-5H3. The van der Waals surface area contributed by atoms with Crippen molar-refractivity contribution in [3.8, 4) is 11.5 Å². The fourth-order valence-electron chi connectivity index (χ4n) is 1.81. The minimum atomic E-state index is 0.503. The quantitative estimate of drug-likeness (QED) is 0.649. The second-order valence-electron chi connectivity index (χ2n) is 4.02. The fourth-order valence-corrected chi connectivity index (χ4v) is 1.81. The van der Waals surface area contributed by atoms with Crippen molar-refractivity contribution in [2.45, 2.75) is 34.6 Å². The third-order valence-corrected chi connectivity index (χ3v) is 2.55. The third kappa shape index (κ3) is 4.02. The van der Waals surface area contributed by atoms with Crippen LogP contribution in [0.3, 0.4) is 0 Å². The highest BCUT2D eigenvalue weighted by Gasteiger charge is 2.20. The van der Waals surface area contributed by atoms with Crippen molar-refractivity contribution in [1.82, 2.24) is 0 Å². The van der Waals surface area contributed by atoms with Crippen LogP contribution < -0.4 is 14.7 Å². The lowest BCUT2D eigenvalue weighted by Crippen LogP contribution is -2.25. The van der Waals surface area contributed by atoms with E-state index in [1.54, 1.807) is 0 Å². The van der Waals surface area contributed by atoms with Crippen LogP contribution in [0, 0.1) is 6.92 Å². The Morgan fingerprint density at radius 2 is 1.35 bits per heavy atom. The van der Waals surface area contributed by atoms with Crippen molar-refractivity contribution in [2.75, 3.05) is 31.7 Å². The van der Waals surface area contributed by atoms with Crippen molar-refractivity contribution in [1.29, 1.82) is 0 Å². The highest BCUT2D eigenvalue weighted by molar-refractivity contribution is 5.65. The molecule has 1 aromatic carbocycles. The van der Waals surface area contributed by atoms with Crippen LogP contribution in [-0.2, 0) is 9.68 Å². The van der Waals surface area contributed by atoms with E-state index in [1.807, 2.05) is 46.8 Å². The molecular weight excluding hydrogens is 258 g/mol. The van der Waals surface area contributed by atoms with E-state index in [0.717, 1.165) is 11.3 Å². The molecule has 114 valence electrons. The van der Waals surface area contributed by atoms with Gasteiger partial charge in [-0.3, -0.25) is 0 Å². The van der Waals surface area contributed by atoms with E-state index >= 15 is 0 Å². The third-order valence-electron chi connectivity index (χ3n) is 2.55. The first-order valence-corrected chi connectivity index (χ1v) is 7.14. The zero-order chi connectivity index (χ0) is 15.0. The van der Waals surface area contributed by atoms with Crippen LogP contribution in [-0.4, -0.2) is 26.4 Å². The van der Waals surface area contributed by atoms with Gasteiger partial charge in [0.1, 0.15) is 5.69 Å². The number of nitrogens with zero attached hydrogens (tertiary/aromatic N) is 1. The molecule has 0 saturated carbocycles. The lowest BCUT2D eigenvalue weighted by atomic mass is 10.2. The summed E-state index contributed by atoms with van der Waals surface area (Å²) in [5.74, 6) is 1.38. The molecule has 0 aromatic heterocycles. The van der Waals surface area contributed by atoms with Crippen molar-refractivity contribution in [2.24, 2.45) is 0 Å². The van der Waals surface area contributed by atoms with Crippen LogP contribution in [0.5, 0.6) is 11.5 Å². The summed E-state index contributed by atoms with van der Waals surface area (Å²) in [7, 11) is 0. The summed E-state index contributed by atoms with van der Waals surface area (Å²) < 4.78 is 11.5. The first-order valence-electron chi connectivity index (χ1n) is 7.14. The number of rotatable bonds is 9. The Bertz CT molecular complexity index is 403. The van der Waals surface area contributed by atoms with E-state index in [-0.39, 0.29) is 0 Å². The van der Waals surface area contributed by atoms with Gasteiger partial charge in [-0.25, -0.2) is 9.68 Å². The van der Waals surface area contributed by atoms with Gasteiger partial charge >= 0.3 is 0 Å². The fraction of sp³-hybridized carbons (Fsp3) is 0.600. The van der Waals surface area contributed by atoms with Crippen LogP contribution in [0.15, 0.2) is 12.1 Å². The molecule has 0 atom stereocenters. The maximum absolute atomic E-state index is 5.75. The topological polar surface area (TPSA) is 40.2 Å². The van der Waals surface area contributed by atoms with Gasteiger partial charge in [0.15, 0.2) is 11.5 Å². The average molecular weight is 283 g/mol. The first kappa shape index (κ1) is 16.6. The molecule has 0 heterocycles. The number of anilines is 1. The zero-order valence-corrected chi connectivity index (χ0v) is 13.1. The Labute approximate surface area is 121 Å². The van der Waals surface area contributed by atoms with Gasteiger partial charge in [0.25, 0.3) is 0 Å². The highest BCUT2D eigenvalue weighted by atomic mass is 16.9. The predicted molar refractivity (Wildman–Crippen MR) is 79.2 cm³/mol. The molecule has 20 heavy (non-hydrogen) atoms. The lowest BCUT2D eigenvalue weighted by molar-refractivity contribution is -0.0825. The summed E-state index contributed by atoms with van der Waals surface area (Å²) in [6.07, 6.45) is 0. The highest BCUT2D eigenvalue weighted by Crippen LogP contribution is 2.40. The predicted octanol–water partition coefficient (Wildman–Crippen LogP) is 3.50. The van der Waals surface area contributed by atoms with Crippen LogP contribution in [0.4, 0.5) is 5.69 Å². The molecule has 0 bridgehead atoms. The largest absolute Gasteiger partial charge is 0.490 e.